The van der Waals surface area contributed by atoms with Crippen LogP contribution in [0.3, 0.4) is 0 Å². The average molecular weight is 513 g/mol. The van der Waals surface area contributed by atoms with Crippen molar-refractivity contribution < 1.29 is 26.9 Å². The summed E-state index contributed by atoms with van der Waals surface area (Å²) in [6, 6.07) is 19.3. The number of amides is 1. The highest BCUT2D eigenvalue weighted by molar-refractivity contribution is 7.85. The number of nitrogens with zero attached hydrogens (tertiary/aromatic N) is 2. The SMILES string of the molecule is CS(=O)(=O)OC[C@@H]1C[C@H](C2CC(=O)C=CN2Cc2ccccc2)CN(C(=O)OCc2ccccc2)C1. The van der Waals surface area contributed by atoms with Gasteiger partial charge in [0, 0.05) is 44.2 Å². The monoisotopic (exact) mass is 512 g/mol. The first kappa shape index (κ1) is 25.9. The van der Waals surface area contributed by atoms with E-state index in [4.69, 9.17) is 8.92 Å². The van der Waals surface area contributed by atoms with Gasteiger partial charge in [0.15, 0.2) is 5.78 Å². The number of hydrogen-bond acceptors (Lipinski definition) is 7. The van der Waals surface area contributed by atoms with Gasteiger partial charge in [0.2, 0.25) is 0 Å². The zero-order valence-electron chi connectivity index (χ0n) is 20.4. The number of piperidine rings is 1. The van der Waals surface area contributed by atoms with Crippen molar-refractivity contribution in [2.45, 2.75) is 32.0 Å². The van der Waals surface area contributed by atoms with E-state index in [0.717, 1.165) is 17.4 Å². The summed E-state index contributed by atoms with van der Waals surface area (Å²) in [4.78, 5) is 29.2. The summed E-state index contributed by atoms with van der Waals surface area (Å²) in [6.07, 6.45) is 4.96. The van der Waals surface area contributed by atoms with Gasteiger partial charge in [0.05, 0.1) is 12.9 Å². The van der Waals surface area contributed by atoms with E-state index in [1.807, 2.05) is 66.9 Å². The maximum Gasteiger partial charge on any atom is 0.410 e. The zero-order chi connectivity index (χ0) is 25.5. The van der Waals surface area contributed by atoms with Crippen LogP contribution in [0.4, 0.5) is 4.79 Å². The van der Waals surface area contributed by atoms with E-state index in [9.17, 15) is 18.0 Å². The van der Waals surface area contributed by atoms with Gasteiger partial charge in [-0.1, -0.05) is 60.7 Å². The number of carbonyl (C=O) groups is 2. The number of ether oxygens (including phenoxy) is 1. The van der Waals surface area contributed by atoms with Crippen LogP contribution in [-0.2, 0) is 37.0 Å². The summed E-state index contributed by atoms with van der Waals surface area (Å²) >= 11 is 0. The molecule has 192 valence electrons. The van der Waals surface area contributed by atoms with Crippen LogP contribution < -0.4 is 0 Å². The lowest BCUT2D eigenvalue weighted by Gasteiger charge is -2.44. The molecule has 2 aromatic rings. The lowest BCUT2D eigenvalue weighted by molar-refractivity contribution is -0.117. The van der Waals surface area contributed by atoms with Crippen molar-refractivity contribution >= 4 is 22.0 Å². The zero-order valence-corrected chi connectivity index (χ0v) is 21.2. The van der Waals surface area contributed by atoms with Gasteiger partial charge in [0.1, 0.15) is 6.61 Å². The predicted octanol–water partition coefficient (Wildman–Crippen LogP) is 3.59. The summed E-state index contributed by atoms with van der Waals surface area (Å²) in [5.41, 5.74) is 2.00. The summed E-state index contributed by atoms with van der Waals surface area (Å²) < 4.78 is 34.0. The molecule has 2 aliphatic heterocycles. The van der Waals surface area contributed by atoms with Gasteiger partial charge in [-0.25, -0.2) is 4.79 Å². The molecule has 0 bridgehead atoms. The molecule has 4 rings (SSSR count). The molecular formula is C27H32N2O6S. The highest BCUT2D eigenvalue weighted by Crippen LogP contribution is 2.32. The lowest BCUT2D eigenvalue weighted by atomic mass is 9.81. The van der Waals surface area contributed by atoms with E-state index in [1.54, 1.807) is 11.0 Å². The van der Waals surface area contributed by atoms with Gasteiger partial charge in [-0.3, -0.25) is 8.98 Å². The Hall–Kier alpha value is -3.17. The van der Waals surface area contributed by atoms with Crippen molar-refractivity contribution in [2.24, 2.45) is 11.8 Å². The molecule has 0 spiro atoms. The number of rotatable bonds is 8. The molecule has 0 aromatic heterocycles. The molecule has 1 fully saturated rings. The average Bonchev–Trinajstić information content (AvgIpc) is 2.88. The normalized spacial score (nSPS) is 22.5. The van der Waals surface area contributed by atoms with Crippen molar-refractivity contribution in [3.05, 3.63) is 84.1 Å². The van der Waals surface area contributed by atoms with Crippen molar-refractivity contribution in [2.75, 3.05) is 26.0 Å². The van der Waals surface area contributed by atoms with Gasteiger partial charge in [0.25, 0.3) is 10.1 Å². The first-order valence-corrected chi connectivity index (χ1v) is 13.9. The molecule has 0 radical (unpaired) electrons. The molecule has 0 N–H and O–H groups in total. The Morgan fingerprint density at radius 2 is 1.67 bits per heavy atom. The second-order valence-corrected chi connectivity index (χ2v) is 11.2. The Bertz CT molecular complexity index is 1170. The van der Waals surface area contributed by atoms with E-state index >= 15 is 0 Å². The Morgan fingerprint density at radius 3 is 2.33 bits per heavy atom. The number of carbonyl (C=O) groups excluding carboxylic acids is 2. The molecule has 2 aromatic carbocycles. The number of benzene rings is 2. The summed E-state index contributed by atoms with van der Waals surface area (Å²) in [7, 11) is -3.62. The second-order valence-electron chi connectivity index (χ2n) is 9.51. The summed E-state index contributed by atoms with van der Waals surface area (Å²) in [6.45, 7) is 1.51. The fourth-order valence-corrected chi connectivity index (χ4v) is 5.35. The molecule has 36 heavy (non-hydrogen) atoms. The van der Waals surface area contributed by atoms with Crippen LogP contribution in [0.1, 0.15) is 24.0 Å². The minimum Gasteiger partial charge on any atom is -0.445 e. The molecule has 1 unspecified atom stereocenters. The topological polar surface area (TPSA) is 93.2 Å². The molecule has 9 heteroatoms. The largest absolute Gasteiger partial charge is 0.445 e. The predicted molar refractivity (Wildman–Crippen MR) is 135 cm³/mol. The fraction of sp³-hybridized carbons (Fsp3) is 0.407. The Labute approximate surface area is 212 Å². The van der Waals surface area contributed by atoms with Crippen LogP contribution in [0.15, 0.2) is 72.9 Å². The Balaban J connectivity index is 1.51. The van der Waals surface area contributed by atoms with E-state index in [1.165, 1.54) is 0 Å². The summed E-state index contributed by atoms with van der Waals surface area (Å²) in [5, 5.41) is 0. The Kier molecular flexibility index (Phi) is 8.43. The van der Waals surface area contributed by atoms with E-state index in [0.29, 0.717) is 32.5 Å². The molecule has 2 aliphatic rings. The van der Waals surface area contributed by atoms with Crippen LogP contribution in [0.2, 0.25) is 0 Å². The third kappa shape index (κ3) is 7.41. The van der Waals surface area contributed by atoms with E-state index < -0.39 is 16.2 Å². The van der Waals surface area contributed by atoms with Crippen LogP contribution in [0.5, 0.6) is 0 Å². The van der Waals surface area contributed by atoms with Gasteiger partial charge in [-0.15, -0.1) is 0 Å². The first-order valence-electron chi connectivity index (χ1n) is 12.1. The standard InChI is InChI=1S/C27H32N2O6S/c1-36(32,33)35-20-23-14-24(18-29(17-23)27(31)34-19-22-10-6-3-7-11-22)26-15-25(30)12-13-28(26)16-21-8-4-2-5-9-21/h2-13,23-24,26H,14-20H2,1H3/t23-,24+,26?/m1/s1. The lowest BCUT2D eigenvalue weighted by Crippen LogP contribution is -2.52. The molecule has 1 amide bonds. The van der Waals surface area contributed by atoms with Crippen LogP contribution in [0.25, 0.3) is 0 Å². The minimum atomic E-state index is -3.62. The number of ketones is 1. The van der Waals surface area contributed by atoms with Gasteiger partial charge in [-0.2, -0.15) is 8.42 Å². The number of hydrogen-bond donors (Lipinski definition) is 0. The maximum absolute atomic E-state index is 13.0. The summed E-state index contributed by atoms with van der Waals surface area (Å²) in [5.74, 6) is -0.229. The van der Waals surface area contributed by atoms with Gasteiger partial charge in [-0.05, 0) is 29.5 Å². The molecule has 2 heterocycles. The van der Waals surface area contributed by atoms with Gasteiger partial charge < -0.3 is 14.5 Å². The van der Waals surface area contributed by atoms with Gasteiger partial charge >= 0.3 is 6.09 Å². The molecule has 0 saturated carbocycles. The van der Waals surface area contributed by atoms with Crippen LogP contribution in [0, 0.1) is 11.8 Å². The van der Waals surface area contributed by atoms with Crippen LogP contribution >= 0.6 is 0 Å². The third-order valence-corrected chi connectivity index (χ3v) is 7.16. The quantitative estimate of drug-likeness (QED) is 0.499. The molecule has 3 atom stereocenters. The molecule has 1 saturated heterocycles. The van der Waals surface area contributed by atoms with Crippen molar-refractivity contribution in [1.29, 1.82) is 0 Å². The minimum absolute atomic E-state index is 0.0208. The van der Waals surface area contributed by atoms with Crippen LogP contribution in [-0.4, -0.2) is 62.1 Å². The Morgan fingerprint density at radius 1 is 1.00 bits per heavy atom. The number of likely N-dealkylation sites (tertiary alicyclic amines) is 1. The first-order chi connectivity index (χ1) is 17.3. The number of allylic oxidation sites excluding steroid dienone is 1. The molecular weight excluding hydrogens is 480 g/mol. The highest BCUT2D eigenvalue weighted by atomic mass is 32.2. The van der Waals surface area contributed by atoms with E-state index in [-0.39, 0.29) is 36.9 Å². The highest BCUT2D eigenvalue weighted by Gasteiger charge is 2.39. The fourth-order valence-electron chi connectivity index (χ4n) is 4.91. The second kappa shape index (κ2) is 11.7. The molecule has 8 nitrogen and oxygen atoms in total. The van der Waals surface area contributed by atoms with Crippen molar-refractivity contribution in [1.82, 2.24) is 9.80 Å². The van der Waals surface area contributed by atoms with Crippen molar-refractivity contribution in [3.8, 4) is 0 Å². The maximum atomic E-state index is 13.0. The van der Waals surface area contributed by atoms with E-state index in [2.05, 4.69) is 4.90 Å². The smallest absolute Gasteiger partial charge is 0.410 e. The molecule has 0 aliphatic carbocycles. The van der Waals surface area contributed by atoms with Crippen molar-refractivity contribution in [3.63, 3.8) is 0 Å². The third-order valence-electron chi connectivity index (χ3n) is 6.59.